The van der Waals surface area contributed by atoms with Crippen molar-refractivity contribution in [3.05, 3.63) is 38.4 Å². The highest BCUT2D eigenvalue weighted by molar-refractivity contribution is 9.09. The molecule has 8 nitrogen and oxygen atoms in total. The summed E-state index contributed by atoms with van der Waals surface area (Å²) in [6.45, 7) is 0. The van der Waals surface area contributed by atoms with Crippen LogP contribution in [0.25, 0.3) is 0 Å². The number of non-ortho nitro benzene ring substituents is 1. The molecule has 0 saturated heterocycles. The summed E-state index contributed by atoms with van der Waals surface area (Å²) in [5.74, 6) is 5.54. The molecule has 6 saturated carbocycles. The van der Waals surface area contributed by atoms with Crippen molar-refractivity contribution in [2.45, 2.75) is 11.2 Å². The minimum atomic E-state index is -0.631. The number of nitrogens with zero attached hydrogens (tertiary/aromatic N) is 3. The van der Waals surface area contributed by atoms with Gasteiger partial charge >= 0.3 is 5.69 Å². The van der Waals surface area contributed by atoms with Crippen molar-refractivity contribution in [3.8, 4) is 0 Å². The van der Waals surface area contributed by atoms with Gasteiger partial charge in [-0.1, -0.05) is 15.9 Å². The largest absolute Gasteiger partial charge is 0.301 e. The second-order valence-electron chi connectivity index (χ2n) is 8.23. The lowest BCUT2D eigenvalue weighted by Gasteiger charge is -2.32. The summed E-state index contributed by atoms with van der Waals surface area (Å²) in [5, 5.41) is 26.8. The van der Waals surface area contributed by atoms with Crippen LogP contribution < -0.4 is 5.43 Å². The Morgan fingerprint density at radius 3 is 2.50 bits per heavy atom. The number of anilines is 1. The van der Waals surface area contributed by atoms with Gasteiger partial charge < -0.3 is 0 Å². The normalized spacial score (nSPS) is 46.8. The zero-order valence-electron chi connectivity index (χ0n) is 13.5. The second kappa shape index (κ2) is 4.62. The van der Waals surface area contributed by atoms with Gasteiger partial charge in [0, 0.05) is 28.4 Å². The number of hydrazone groups is 1. The molecule has 0 aromatic heterocycles. The first kappa shape index (κ1) is 15.1. The van der Waals surface area contributed by atoms with E-state index in [-0.39, 0.29) is 17.1 Å². The maximum atomic E-state index is 11.3. The number of hydrogen-bond donors (Lipinski definition) is 1. The van der Waals surface area contributed by atoms with Gasteiger partial charge in [-0.3, -0.25) is 25.7 Å². The summed E-state index contributed by atoms with van der Waals surface area (Å²) in [6.07, 6.45) is 1.32. The first-order valence-electron chi connectivity index (χ1n) is 8.89. The number of nitrogens with one attached hydrogen (secondary N) is 1. The summed E-state index contributed by atoms with van der Waals surface area (Å²) in [6, 6.07) is 3.63. The Morgan fingerprint density at radius 1 is 1.04 bits per heavy atom. The second-order valence-corrected chi connectivity index (χ2v) is 9.29. The fourth-order valence-electron chi connectivity index (χ4n) is 7.38. The molecule has 9 heteroatoms. The third kappa shape index (κ3) is 1.51. The highest BCUT2D eigenvalue weighted by Crippen LogP contribution is 2.82. The molecule has 134 valence electrons. The topological polar surface area (TPSA) is 111 Å². The highest BCUT2D eigenvalue weighted by Gasteiger charge is 2.82. The molecule has 6 aliphatic carbocycles. The fraction of sp³-hybridized carbons (Fsp3) is 0.588. The van der Waals surface area contributed by atoms with Gasteiger partial charge in [0.2, 0.25) is 0 Å². The Hall–Kier alpha value is -2.03. The maximum Gasteiger partial charge on any atom is 0.301 e. The third-order valence-electron chi connectivity index (χ3n) is 7.73. The molecule has 0 radical (unpaired) electrons. The lowest BCUT2D eigenvalue weighted by Crippen LogP contribution is -2.30. The van der Waals surface area contributed by atoms with Crippen molar-refractivity contribution in [3.63, 3.8) is 0 Å². The predicted octanol–water partition coefficient (Wildman–Crippen LogP) is 3.42. The SMILES string of the molecule is O=[N+]([O-])c1ccc(N/N=C2\[C@H]3[C@H]4[C@H](Br)[C@H]5[C@H]6C[C@@H]([C@H]2[C@H]64)[C@H]35)c([N+](=O)[O-])c1. The van der Waals surface area contributed by atoms with Crippen molar-refractivity contribution in [1.82, 2.24) is 0 Å². The zero-order valence-corrected chi connectivity index (χ0v) is 15.1. The van der Waals surface area contributed by atoms with Crippen LogP contribution in [0.15, 0.2) is 23.3 Å². The highest BCUT2D eigenvalue weighted by atomic mass is 79.9. The van der Waals surface area contributed by atoms with Crippen LogP contribution in [0, 0.1) is 67.6 Å². The maximum absolute atomic E-state index is 11.3. The number of halogens is 1. The molecule has 1 N–H and O–H groups in total. The van der Waals surface area contributed by atoms with Crippen molar-refractivity contribution in [1.29, 1.82) is 0 Å². The number of rotatable bonds is 4. The van der Waals surface area contributed by atoms with Crippen molar-refractivity contribution >= 4 is 38.7 Å². The predicted molar refractivity (Wildman–Crippen MR) is 96.1 cm³/mol. The average molecular weight is 419 g/mol. The van der Waals surface area contributed by atoms with E-state index in [2.05, 4.69) is 26.5 Å². The summed E-state index contributed by atoms with van der Waals surface area (Å²) >= 11 is 3.93. The average Bonchev–Trinajstić information content (AvgIpc) is 3.35. The van der Waals surface area contributed by atoms with E-state index in [4.69, 9.17) is 0 Å². The number of nitro groups is 2. The molecule has 9 atom stereocenters. The van der Waals surface area contributed by atoms with E-state index in [1.165, 1.54) is 24.3 Å². The van der Waals surface area contributed by atoms with Gasteiger partial charge in [0.25, 0.3) is 5.69 Å². The molecule has 6 fully saturated rings. The zero-order chi connectivity index (χ0) is 17.9. The molecule has 1 aromatic carbocycles. The Balaban J connectivity index is 1.35. The van der Waals surface area contributed by atoms with Gasteiger partial charge in [0.15, 0.2) is 0 Å². The van der Waals surface area contributed by atoms with Gasteiger partial charge in [-0.15, -0.1) is 0 Å². The lowest BCUT2D eigenvalue weighted by molar-refractivity contribution is -0.393. The van der Waals surface area contributed by atoms with Crippen LogP contribution in [0.2, 0.25) is 0 Å². The van der Waals surface area contributed by atoms with Crippen molar-refractivity contribution in [2.75, 3.05) is 5.43 Å². The third-order valence-corrected chi connectivity index (χ3v) is 8.96. The van der Waals surface area contributed by atoms with Gasteiger partial charge in [0.1, 0.15) is 5.69 Å². The lowest BCUT2D eigenvalue weighted by atomic mass is 9.71. The molecule has 26 heavy (non-hydrogen) atoms. The smallest absolute Gasteiger partial charge is 0.272 e. The van der Waals surface area contributed by atoms with E-state index in [0.29, 0.717) is 22.6 Å². The van der Waals surface area contributed by atoms with Crippen LogP contribution in [0.5, 0.6) is 0 Å². The van der Waals surface area contributed by atoms with E-state index in [0.717, 1.165) is 35.7 Å². The van der Waals surface area contributed by atoms with Crippen molar-refractivity contribution in [2.24, 2.45) is 52.4 Å². The van der Waals surface area contributed by atoms with Gasteiger partial charge in [-0.05, 0) is 48.0 Å². The van der Waals surface area contributed by atoms with E-state index in [1.54, 1.807) is 0 Å². The quantitative estimate of drug-likeness (QED) is 0.457. The molecule has 0 unspecified atom stereocenters. The molecular weight excluding hydrogens is 404 g/mol. The van der Waals surface area contributed by atoms with Crippen LogP contribution in [0.3, 0.4) is 0 Å². The summed E-state index contributed by atoms with van der Waals surface area (Å²) in [7, 11) is 0. The van der Waals surface area contributed by atoms with Gasteiger partial charge in [-0.25, -0.2) is 0 Å². The molecule has 6 aliphatic rings. The molecule has 0 spiro atoms. The Morgan fingerprint density at radius 2 is 1.81 bits per heavy atom. The summed E-state index contributed by atoms with van der Waals surface area (Å²) < 4.78 is 0. The van der Waals surface area contributed by atoms with Crippen LogP contribution in [0.1, 0.15) is 6.42 Å². The number of benzene rings is 1. The van der Waals surface area contributed by atoms with Gasteiger partial charge in [0.05, 0.1) is 15.9 Å². The molecule has 0 amide bonds. The Labute approximate surface area is 156 Å². The molecule has 6 bridgehead atoms. The minimum absolute atomic E-state index is 0.210. The first-order chi connectivity index (χ1) is 12.5. The summed E-state index contributed by atoms with van der Waals surface area (Å²) in [4.78, 5) is 21.5. The Kier molecular flexibility index (Phi) is 2.68. The number of nitro benzene ring substituents is 2. The van der Waals surface area contributed by atoms with Gasteiger partial charge in [-0.2, -0.15) is 5.10 Å². The minimum Gasteiger partial charge on any atom is -0.272 e. The van der Waals surface area contributed by atoms with E-state index >= 15 is 0 Å². The van der Waals surface area contributed by atoms with E-state index < -0.39 is 9.85 Å². The standard InChI is InChI=1S/C17H15BrN4O4/c18-16-12-6-4-7-10(12)15-14(16)11(6)13(7)17(15)20-19-8-2-1-5(21(23)24)3-9(8)22(25)26/h1-3,6-7,10-16,19H,4H2/b20-17-/t6-,7+,10-,11-,12-,13-,14-,15+,16+/m0/s1. The molecular formula is C17H15BrN4O4. The molecule has 0 aliphatic heterocycles. The monoisotopic (exact) mass is 418 g/mol. The van der Waals surface area contributed by atoms with Crippen LogP contribution in [-0.4, -0.2) is 20.4 Å². The van der Waals surface area contributed by atoms with Crippen LogP contribution in [0.4, 0.5) is 17.1 Å². The molecule has 7 rings (SSSR count). The van der Waals surface area contributed by atoms with E-state index in [9.17, 15) is 20.2 Å². The Bertz CT molecular complexity index is 918. The van der Waals surface area contributed by atoms with Crippen LogP contribution in [-0.2, 0) is 0 Å². The molecule has 1 aromatic rings. The first-order valence-corrected chi connectivity index (χ1v) is 9.81. The number of hydrogen-bond acceptors (Lipinski definition) is 6. The number of alkyl halides is 1. The van der Waals surface area contributed by atoms with E-state index in [1.807, 2.05) is 0 Å². The fourth-order valence-corrected chi connectivity index (χ4v) is 8.80. The van der Waals surface area contributed by atoms with Crippen LogP contribution >= 0.6 is 15.9 Å². The molecule has 0 heterocycles. The summed E-state index contributed by atoms with van der Waals surface area (Å²) in [5.41, 5.74) is 3.66. The van der Waals surface area contributed by atoms with Crippen molar-refractivity contribution < 1.29 is 9.85 Å².